The Morgan fingerprint density at radius 3 is 2.27 bits per heavy atom. The second-order valence-electron chi connectivity index (χ2n) is 3.62. The van der Waals surface area contributed by atoms with E-state index in [-0.39, 0.29) is 12.3 Å². The number of rotatable bonds is 4. The summed E-state index contributed by atoms with van der Waals surface area (Å²) in [6.07, 6.45) is 0.196. The van der Waals surface area contributed by atoms with E-state index in [0.29, 0.717) is 6.42 Å². The van der Waals surface area contributed by atoms with E-state index in [2.05, 4.69) is 0 Å². The number of amides is 2. The average molecular weight is 219 g/mol. The van der Waals surface area contributed by atoms with E-state index in [1.165, 1.54) is 0 Å². The lowest BCUT2D eigenvalue weighted by Crippen LogP contribution is -2.59. The summed E-state index contributed by atoms with van der Waals surface area (Å²) >= 11 is 0. The van der Waals surface area contributed by atoms with Gasteiger partial charge in [0.15, 0.2) is 0 Å². The van der Waals surface area contributed by atoms with Crippen LogP contribution in [-0.2, 0) is 9.59 Å². The molecular weight excluding hydrogens is 206 g/mol. The molecule has 0 bridgehead atoms. The van der Waals surface area contributed by atoms with E-state index >= 15 is 0 Å². The maximum Gasteiger partial charge on any atom is 0.282 e. The third-order valence-corrected chi connectivity index (χ3v) is 2.25. The highest BCUT2D eigenvalue weighted by Crippen LogP contribution is 2.29. The number of nitrogens with two attached hydrogens (primary N) is 1. The first kappa shape index (κ1) is 11.9. The summed E-state index contributed by atoms with van der Waals surface area (Å²) in [6, 6.07) is 0. The molecule has 0 aromatic rings. The van der Waals surface area contributed by atoms with Crippen LogP contribution in [0.4, 0.5) is 8.78 Å². The molecule has 0 aromatic heterocycles. The standard InChI is InChI=1S/C9H13F2N2O2/c1-2-6(3-7(12)14)8(15)13-4-9(10,11)5-13/h2-5H2,1H3,(H2,12,14). The van der Waals surface area contributed by atoms with Gasteiger partial charge in [0.05, 0.1) is 19.0 Å². The molecule has 0 saturated carbocycles. The van der Waals surface area contributed by atoms with Gasteiger partial charge in [0.1, 0.15) is 0 Å². The lowest BCUT2D eigenvalue weighted by molar-refractivity contribution is -0.164. The zero-order valence-electron chi connectivity index (χ0n) is 8.43. The third-order valence-electron chi connectivity index (χ3n) is 2.25. The molecule has 0 aromatic carbocycles. The molecule has 2 amide bonds. The summed E-state index contributed by atoms with van der Waals surface area (Å²) in [5.41, 5.74) is 4.94. The van der Waals surface area contributed by atoms with Gasteiger partial charge in [-0.1, -0.05) is 6.92 Å². The molecule has 15 heavy (non-hydrogen) atoms. The summed E-state index contributed by atoms with van der Waals surface area (Å²) < 4.78 is 25.0. The predicted octanol–water partition coefficient (Wildman–Crippen LogP) is 0.324. The molecular formula is C9H13F2N2O2. The van der Waals surface area contributed by atoms with Crippen molar-refractivity contribution in [2.24, 2.45) is 5.73 Å². The topological polar surface area (TPSA) is 63.4 Å². The number of alkyl halides is 2. The summed E-state index contributed by atoms with van der Waals surface area (Å²) in [4.78, 5) is 23.2. The summed E-state index contributed by atoms with van der Waals surface area (Å²) in [7, 11) is 0. The molecule has 0 unspecified atom stereocenters. The van der Waals surface area contributed by atoms with E-state index < -0.39 is 30.8 Å². The minimum atomic E-state index is -2.78. The smallest absolute Gasteiger partial charge is 0.282 e. The molecule has 0 aliphatic carbocycles. The molecule has 4 nitrogen and oxygen atoms in total. The van der Waals surface area contributed by atoms with Gasteiger partial charge in [-0.3, -0.25) is 9.59 Å². The molecule has 1 radical (unpaired) electrons. The van der Waals surface area contributed by atoms with Crippen molar-refractivity contribution in [1.82, 2.24) is 4.90 Å². The highest BCUT2D eigenvalue weighted by Gasteiger charge is 2.47. The van der Waals surface area contributed by atoms with Crippen LogP contribution in [0.2, 0.25) is 0 Å². The van der Waals surface area contributed by atoms with Gasteiger partial charge < -0.3 is 10.6 Å². The monoisotopic (exact) mass is 219 g/mol. The second kappa shape index (κ2) is 4.12. The maximum absolute atomic E-state index is 12.5. The Kier molecular flexibility index (Phi) is 3.26. The van der Waals surface area contributed by atoms with Gasteiger partial charge in [-0.25, -0.2) is 8.78 Å². The predicted molar refractivity (Wildman–Crippen MR) is 48.9 cm³/mol. The second-order valence-corrected chi connectivity index (χ2v) is 3.62. The highest BCUT2D eigenvalue weighted by molar-refractivity contribution is 5.95. The van der Waals surface area contributed by atoms with Crippen LogP contribution in [0.25, 0.3) is 0 Å². The normalized spacial score (nSPS) is 18.8. The average Bonchev–Trinajstić information content (AvgIpc) is 2.08. The van der Waals surface area contributed by atoms with E-state index in [9.17, 15) is 18.4 Å². The number of nitrogens with zero attached hydrogens (tertiary/aromatic N) is 1. The molecule has 6 heteroatoms. The number of halogens is 2. The lowest BCUT2D eigenvalue weighted by Gasteiger charge is -2.40. The number of likely N-dealkylation sites (tertiary alicyclic amines) is 1. The van der Waals surface area contributed by atoms with Crippen molar-refractivity contribution in [3.05, 3.63) is 5.92 Å². The first-order valence-corrected chi connectivity index (χ1v) is 4.66. The Morgan fingerprint density at radius 1 is 1.40 bits per heavy atom. The molecule has 0 atom stereocenters. The Hall–Kier alpha value is -1.20. The fraction of sp³-hybridized carbons (Fsp3) is 0.667. The molecule has 1 saturated heterocycles. The fourth-order valence-corrected chi connectivity index (χ4v) is 1.44. The van der Waals surface area contributed by atoms with Gasteiger partial charge in [-0.2, -0.15) is 0 Å². The van der Waals surface area contributed by atoms with Crippen LogP contribution in [-0.4, -0.2) is 35.7 Å². The van der Waals surface area contributed by atoms with E-state index in [1.54, 1.807) is 6.92 Å². The van der Waals surface area contributed by atoms with Crippen molar-refractivity contribution >= 4 is 11.8 Å². The van der Waals surface area contributed by atoms with Crippen LogP contribution in [0.1, 0.15) is 19.8 Å². The van der Waals surface area contributed by atoms with Crippen LogP contribution in [0.15, 0.2) is 0 Å². The van der Waals surface area contributed by atoms with Crippen molar-refractivity contribution in [3.63, 3.8) is 0 Å². The van der Waals surface area contributed by atoms with Gasteiger partial charge in [-0.15, -0.1) is 0 Å². The third kappa shape index (κ3) is 2.87. The number of primary amides is 1. The number of hydrogen-bond acceptors (Lipinski definition) is 2. The quantitative estimate of drug-likeness (QED) is 0.740. The van der Waals surface area contributed by atoms with Crippen molar-refractivity contribution in [1.29, 1.82) is 0 Å². The molecule has 0 spiro atoms. The van der Waals surface area contributed by atoms with Crippen molar-refractivity contribution < 1.29 is 18.4 Å². The largest absolute Gasteiger partial charge is 0.370 e. The summed E-state index contributed by atoms with van der Waals surface area (Å²) in [6.45, 7) is 0.566. The van der Waals surface area contributed by atoms with Gasteiger partial charge in [0.25, 0.3) is 5.92 Å². The Morgan fingerprint density at radius 2 is 1.93 bits per heavy atom. The van der Waals surface area contributed by atoms with Crippen LogP contribution >= 0.6 is 0 Å². The van der Waals surface area contributed by atoms with E-state index in [4.69, 9.17) is 5.73 Å². The molecule has 1 fully saturated rings. The van der Waals surface area contributed by atoms with Crippen molar-refractivity contribution in [3.8, 4) is 0 Å². The molecule has 1 aliphatic rings. The first-order valence-electron chi connectivity index (χ1n) is 4.66. The highest BCUT2D eigenvalue weighted by atomic mass is 19.3. The minimum absolute atomic E-state index is 0.155. The van der Waals surface area contributed by atoms with Crippen LogP contribution in [0.5, 0.6) is 0 Å². The Bertz CT molecular complexity index is 273. The zero-order valence-corrected chi connectivity index (χ0v) is 8.43. The lowest BCUT2D eigenvalue weighted by atomic mass is 9.98. The number of carbonyl (C=O) groups is 2. The number of hydrogen-bond donors (Lipinski definition) is 1. The fourth-order valence-electron chi connectivity index (χ4n) is 1.44. The van der Waals surface area contributed by atoms with Crippen LogP contribution < -0.4 is 5.73 Å². The minimum Gasteiger partial charge on any atom is -0.370 e. The molecule has 85 valence electrons. The first-order chi connectivity index (χ1) is 6.85. The Labute approximate surface area is 86.4 Å². The van der Waals surface area contributed by atoms with Gasteiger partial charge in [0.2, 0.25) is 11.8 Å². The summed E-state index contributed by atoms with van der Waals surface area (Å²) in [5.74, 6) is -3.59. The zero-order chi connectivity index (χ0) is 11.6. The van der Waals surface area contributed by atoms with E-state index in [0.717, 1.165) is 4.90 Å². The van der Waals surface area contributed by atoms with Crippen LogP contribution in [0.3, 0.4) is 0 Å². The molecule has 2 N–H and O–H groups in total. The Balaban J connectivity index is 2.48. The number of carbonyl (C=O) groups excluding carboxylic acids is 2. The van der Waals surface area contributed by atoms with Gasteiger partial charge in [-0.05, 0) is 6.42 Å². The SMILES string of the molecule is CC[C](CC(N)=O)C(=O)N1CC(F)(F)C1. The van der Waals surface area contributed by atoms with Crippen molar-refractivity contribution in [2.75, 3.05) is 13.1 Å². The van der Waals surface area contributed by atoms with Gasteiger partial charge >= 0.3 is 0 Å². The maximum atomic E-state index is 12.5. The molecule has 1 heterocycles. The van der Waals surface area contributed by atoms with E-state index in [1.807, 2.05) is 0 Å². The molecule has 1 rings (SSSR count). The van der Waals surface area contributed by atoms with Crippen LogP contribution in [0, 0.1) is 5.92 Å². The van der Waals surface area contributed by atoms with Gasteiger partial charge in [0, 0.05) is 6.42 Å². The van der Waals surface area contributed by atoms with Crippen molar-refractivity contribution in [2.45, 2.75) is 25.7 Å². The summed E-state index contributed by atoms with van der Waals surface area (Å²) in [5, 5.41) is 0. The molecule has 1 aliphatic heterocycles.